The van der Waals surface area contributed by atoms with Gasteiger partial charge in [-0.1, -0.05) is 24.3 Å². The zero-order valence-corrected chi connectivity index (χ0v) is 15.4. The van der Waals surface area contributed by atoms with E-state index >= 15 is 0 Å². The van der Waals surface area contributed by atoms with Gasteiger partial charge in [-0.3, -0.25) is 4.79 Å². The fourth-order valence-electron chi connectivity index (χ4n) is 2.98. The Bertz CT molecular complexity index is 1270. The molecule has 0 radical (unpaired) electrons. The number of nitrogens with one attached hydrogen (secondary N) is 1. The van der Waals surface area contributed by atoms with Crippen LogP contribution < -0.4 is 16.0 Å². The van der Waals surface area contributed by atoms with E-state index in [4.69, 9.17) is 10.5 Å². The van der Waals surface area contributed by atoms with Gasteiger partial charge < -0.3 is 25.7 Å². The normalized spacial score (nSPS) is 10.7. The van der Waals surface area contributed by atoms with Crippen LogP contribution in [0, 0.1) is 17.5 Å². The van der Waals surface area contributed by atoms with Crippen molar-refractivity contribution in [1.82, 2.24) is 4.98 Å². The molecular weight excluding hydrogens is 421 g/mol. The van der Waals surface area contributed by atoms with Gasteiger partial charge in [0, 0.05) is 5.56 Å². The van der Waals surface area contributed by atoms with E-state index < -0.39 is 69.8 Å². The molecule has 5 N–H and O–H groups in total. The number of nitrogen functional groups attached to an aromatic ring is 1. The highest BCUT2D eigenvalue weighted by Crippen LogP contribution is 2.33. The van der Waals surface area contributed by atoms with Crippen LogP contribution in [0.1, 0.15) is 26.3 Å². The lowest BCUT2D eigenvalue weighted by atomic mass is 9.92. The Morgan fingerprint density at radius 3 is 2.26 bits per heavy atom. The van der Waals surface area contributed by atoms with Gasteiger partial charge in [0.2, 0.25) is 5.82 Å². The van der Waals surface area contributed by atoms with Crippen LogP contribution in [-0.2, 0) is 6.61 Å². The number of benzene rings is 2. The van der Waals surface area contributed by atoms with Crippen molar-refractivity contribution < 1.29 is 37.7 Å². The summed E-state index contributed by atoms with van der Waals surface area (Å²) in [5.74, 6) is -9.24. The Labute approximate surface area is 171 Å². The molecule has 8 nitrogen and oxygen atoms in total. The maximum atomic E-state index is 13.9. The van der Waals surface area contributed by atoms with Crippen LogP contribution in [0.3, 0.4) is 0 Å². The van der Waals surface area contributed by atoms with E-state index in [9.17, 15) is 37.8 Å². The van der Waals surface area contributed by atoms with Gasteiger partial charge in [0.05, 0.1) is 0 Å². The largest absolute Gasteiger partial charge is 0.486 e. The van der Waals surface area contributed by atoms with Gasteiger partial charge in [-0.25, -0.2) is 18.4 Å². The Morgan fingerprint density at radius 2 is 1.61 bits per heavy atom. The second kappa shape index (κ2) is 8.22. The third-order valence-corrected chi connectivity index (χ3v) is 4.34. The quantitative estimate of drug-likeness (QED) is 0.437. The van der Waals surface area contributed by atoms with Crippen molar-refractivity contribution in [2.24, 2.45) is 0 Å². The van der Waals surface area contributed by atoms with E-state index in [-0.39, 0.29) is 11.1 Å². The average Bonchev–Trinajstić information content (AvgIpc) is 2.70. The number of halogens is 3. The first kappa shape index (κ1) is 21.4. The molecule has 11 heteroatoms. The van der Waals surface area contributed by atoms with Crippen molar-refractivity contribution >= 4 is 17.8 Å². The molecule has 0 aliphatic rings. The molecule has 0 aliphatic carbocycles. The molecule has 0 bridgehead atoms. The second-order valence-electron chi connectivity index (χ2n) is 6.22. The van der Waals surface area contributed by atoms with E-state index in [1.807, 2.05) is 4.98 Å². The van der Waals surface area contributed by atoms with E-state index in [1.165, 1.54) is 24.3 Å². The summed E-state index contributed by atoms with van der Waals surface area (Å²) in [5, 5.41) is 19.0. The standard InChI is InChI=1S/C20H13F3N2O6/c21-10-5-6-11(16(23)15(10)22)31-7-8-3-1-2-4-9(8)12-13(19(27)28)17(24)25-18(26)14(12)20(29)30/h1-6H,7H2,(H,27,28)(H,29,30)(H3,24,25,26). The number of carboxylic acid groups (broad SMARTS) is 2. The summed E-state index contributed by atoms with van der Waals surface area (Å²) in [4.78, 5) is 37.6. The van der Waals surface area contributed by atoms with Gasteiger partial charge in [-0.05, 0) is 23.3 Å². The van der Waals surface area contributed by atoms with Gasteiger partial charge in [0.15, 0.2) is 17.4 Å². The molecule has 0 unspecified atom stereocenters. The maximum Gasteiger partial charge on any atom is 0.342 e. The molecular formula is C20H13F3N2O6. The van der Waals surface area contributed by atoms with Crippen LogP contribution in [0.15, 0.2) is 41.2 Å². The monoisotopic (exact) mass is 434 g/mol. The molecule has 3 aromatic rings. The van der Waals surface area contributed by atoms with Crippen molar-refractivity contribution in [2.45, 2.75) is 6.61 Å². The van der Waals surface area contributed by atoms with Crippen LogP contribution in [0.25, 0.3) is 11.1 Å². The van der Waals surface area contributed by atoms with Crippen molar-refractivity contribution in [3.63, 3.8) is 0 Å². The predicted molar refractivity (Wildman–Crippen MR) is 101 cm³/mol. The molecule has 0 aliphatic heterocycles. The molecule has 2 aromatic carbocycles. The fraction of sp³-hybridized carbons (Fsp3) is 0.0500. The zero-order chi connectivity index (χ0) is 22.9. The van der Waals surface area contributed by atoms with Crippen molar-refractivity contribution in [1.29, 1.82) is 0 Å². The molecule has 3 rings (SSSR count). The Morgan fingerprint density at radius 1 is 0.968 bits per heavy atom. The molecule has 0 spiro atoms. The molecule has 1 aromatic heterocycles. The SMILES string of the molecule is Nc1[nH]c(=O)c(C(=O)O)c(-c2ccccc2COc2ccc(F)c(F)c2F)c1C(=O)O. The number of H-pyrrole nitrogens is 1. The highest BCUT2D eigenvalue weighted by molar-refractivity contribution is 6.07. The van der Waals surface area contributed by atoms with Gasteiger partial charge in [0.25, 0.3) is 5.56 Å². The lowest BCUT2D eigenvalue weighted by molar-refractivity contribution is 0.0695. The predicted octanol–water partition coefficient (Wildman–Crippen LogP) is 3.02. The molecule has 0 saturated carbocycles. The summed E-state index contributed by atoms with van der Waals surface area (Å²) in [6.45, 7) is -0.497. The lowest BCUT2D eigenvalue weighted by Gasteiger charge is -2.16. The molecule has 31 heavy (non-hydrogen) atoms. The van der Waals surface area contributed by atoms with Crippen LogP contribution in [0.4, 0.5) is 19.0 Å². The van der Waals surface area contributed by atoms with E-state index in [0.29, 0.717) is 6.07 Å². The number of rotatable bonds is 6. The third kappa shape index (κ3) is 3.92. The van der Waals surface area contributed by atoms with Crippen LogP contribution >= 0.6 is 0 Å². The Kier molecular flexibility index (Phi) is 5.68. The minimum atomic E-state index is -1.74. The van der Waals surface area contributed by atoms with Crippen molar-refractivity contribution in [3.05, 3.63) is 80.9 Å². The number of anilines is 1. The average molecular weight is 434 g/mol. The number of hydrogen-bond donors (Lipinski definition) is 4. The smallest absolute Gasteiger partial charge is 0.342 e. The number of aromatic amines is 1. The molecule has 0 amide bonds. The summed E-state index contributed by atoms with van der Waals surface area (Å²) < 4.78 is 45.6. The number of hydrogen-bond acceptors (Lipinski definition) is 5. The van der Waals surface area contributed by atoms with Crippen molar-refractivity contribution in [2.75, 3.05) is 5.73 Å². The first-order chi connectivity index (χ1) is 14.6. The van der Waals surface area contributed by atoms with Crippen molar-refractivity contribution in [3.8, 4) is 16.9 Å². The first-order valence-electron chi connectivity index (χ1n) is 8.50. The van der Waals surface area contributed by atoms with E-state index in [0.717, 1.165) is 6.07 Å². The van der Waals surface area contributed by atoms with Crippen LogP contribution in [-0.4, -0.2) is 27.1 Å². The molecule has 0 atom stereocenters. The summed E-state index contributed by atoms with van der Waals surface area (Å²) in [7, 11) is 0. The number of carbonyl (C=O) groups is 2. The molecule has 0 fully saturated rings. The summed E-state index contributed by atoms with van der Waals surface area (Å²) in [5.41, 5.74) is 2.54. The first-order valence-corrected chi connectivity index (χ1v) is 8.50. The highest BCUT2D eigenvalue weighted by atomic mass is 19.2. The Hall–Kier alpha value is -4.28. The second-order valence-corrected chi connectivity index (χ2v) is 6.22. The van der Waals surface area contributed by atoms with E-state index in [2.05, 4.69) is 0 Å². The Balaban J connectivity index is 2.17. The van der Waals surface area contributed by atoms with Gasteiger partial charge in [-0.2, -0.15) is 4.39 Å². The summed E-state index contributed by atoms with van der Waals surface area (Å²) in [6.07, 6.45) is 0. The number of aromatic nitrogens is 1. The number of nitrogens with two attached hydrogens (primary N) is 1. The third-order valence-electron chi connectivity index (χ3n) is 4.34. The minimum absolute atomic E-state index is 0.0434. The number of pyridine rings is 1. The number of ether oxygens (including phenoxy) is 1. The fourth-order valence-corrected chi connectivity index (χ4v) is 2.98. The van der Waals surface area contributed by atoms with Gasteiger partial charge in [-0.15, -0.1) is 0 Å². The molecule has 0 saturated heterocycles. The van der Waals surface area contributed by atoms with Gasteiger partial charge >= 0.3 is 11.9 Å². The number of aromatic carboxylic acids is 2. The van der Waals surface area contributed by atoms with Gasteiger partial charge in [0.1, 0.15) is 23.6 Å². The minimum Gasteiger partial charge on any atom is -0.486 e. The number of carboxylic acids is 2. The lowest BCUT2D eigenvalue weighted by Crippen LogP contribution is -2.24. The topological polar surface area (TPSA) is 143 Å². The summed E-state index contributed by atoms with van der Waals surface area (Å²) >= 11 is 0. The zero-order valence-electron chi connectivity index (χ0n) is 15.4. The van der Waals surface area contributed by atoms with Crippen LogP contribution in [0.5, 0.6) is 5.75 Å². The maximum absolute atomic E-state index is 13.9. The highest BCUT2D eigenvalue weighted by Gasteiger charge is 2.28. The van der Waals surface area contributed by atoms with E-state index in [1.54, 1.807) is 0 Å². The van der Waals surface area contributed by atoms with Crippen LogP contribution in [0.2, 0.25) is 0 Å². The summed E-state index contributed by atoms with van der Waals surface area (Å²) in [6, 6.07) is 7.14. The molecule has 160 valence electrons. The molecule has 1 heterocycles.